The van der Waals surface area contributed by atoms with Gasteiger partial charge in [0.15, 0.2) is 0 Å². The van der Waals surface area contributed by atoms with Gasteiger partial charge in [-0.25, -0.2) is 9.59 Å². The number of carbonyl (C=O) groups is 2. The zero-order chi connectivity index (χ0) is 14.9. The molecule has 0 aromatic heterocycles. The first-order valence-corrected chi connectivity index (χ1v) is 7.03. The number of aliphatic hydroxyl groups is 1. The van der Waals surface area contributed by atoms with Crippen LogP contribution in [0.1, 0.15) is 19.3 Å². The van der Waals surface area contributed by atoms with Gasteiger partial charge in [-0.3, -0.25) is 0 Å². The van der Waals surface area contributed by atoms with Crippen molar-refractivity contribution in [3.05, 3.63) is 0 Å². The van der Waals surface area contributed by atoms with E-state index in [1.165, 1.54) is 4.90 Å². The summed E-state index contributed by atoms with van der Waals surface area (Å²) in [4.78, 5) is 28.8. The van der Waals surface area contributed by atoms with Gasteiger partial charge in [0, 0.05) is 26.1 Å². The van der Waals surface area contributed by atoms with Crippen LogP contribution < -0.4 is 0 Å². The quantitative estimate of drug-likeness (QED) is 0.724. The van der Waals surface area contributed by atoms with Crippen molar-refractivity contribution in [2.75, 3.05) is 33.7 Å². The molecule has 0 aromatic rings. The van der Waals surface area contributed by atoms with Gasteiger partial charge in [-0.2, -0.15) is 0 Å². The van der Waals surface area contributed by atoms with Gasteiger partial charge in [0.25, 0.3) is 0 Å². The van der Waals surface area contributed by atoms with Crippen molar-refractivity contribution >= 4 is 12.0 Å². The molecule has 0 saturated carbocycles. The van der Waals surface area contributed by atoms with Crippen molar-refractivity contribution in [3.8, 4) is 0 Å². The molecule has 0 aromatic carbocycles. The summed E-state index contributed by atoms with van der Waals surface area (Å²) in [6.45, 7) is 1.98. The fourth-order valence-corrected chi connectivity index (χ4v) is 3.00. The molecule has 0 aliphatic carbocycles. The summed E-state index contributed by atoms with van der Waals surface area (Å²) in [5.41, 5.74) is 0. The van der Waals surface area contributed by atoms with Crippen molar-refractivity contribution in [2.45, 2.75) is 37.5 Å². The van der Waals surface area contributed by atoms with E-state index in [1.807, 2.05) is 0 Å². The number of nitrogens with zero attached hydrogens (tertiary/aromatic N) is 3. The lowest BCUT2D eigenvalue weighted by molar-refractivity contribution is -0.141. The van der Waals surface area contributed by atoms with Gasteiger partial charge in [0.05, 0.1) is 6.10 Å². The van der Waals surface area contributed by atoms with Crippen LogP contribution in [0.3, 0.4) is 0 Å². The topological polar surface area (TPSA) is 84.3 Å². The molecule has 2 saturated heterocycles. The number of rotatable bonds is 2. The Bertz CT molecular complexity index is 382. The number of carboxylic acids is 1. The lowest BCUT2D eigenvalue weighted by Crippen LogP contribution is -2.52. The van der Waals surface area contributed by atoms with Crippen LogP contribution in [-0.4, -0.2) is 88.8 Å². The molecule has 0 radical (unpaired) electrons. The van der Waals surface area contributed by atoms with Crippen molar-refractivity contribution in [2.24, 2.45) is 0 Å². The van der Waals surface area contributed by atoms with Gasteiger partial charge in [-0.1, -0.05) is 0 Å². The number of carboxylic acid groups (broad SMARTS) is 1. The maximum atomic E-state index is 12.5. The molecule has 20 heavy (non-hydrogen) atoms. The second-order valence-corrected chi connectivity index (χ2v) is 5.82. The number of hydrogen-bond acceptors (Lipinski definition) is 4. The number of β-amino-alcohol motifs (C(OH)–C–C–N with tert-alkyl or cyclic N) is 1. The van der Waals surface area contributed by atoms with Gasteiger partial charge in [0.1, 0.15) is 6.04 Å². The number of hydrogen-bond donors (Lipinski definition) is 2. The highest BCUT2D eigenvalue weighted by molar-refractivity contribution is 5.83. The van der Waals surface area contributed by atoms with E-state index in [9.17, 15) is 14.7 Å². The Morgan fingerprint density at radius 3 is 2.40 bits per heavy atom. The number of amides is 2. The van der Waals surface area contributed by atoms with Crippen molar-refractivity contribution in [1.82, 2.24) is 14.7 Å². The van der Waals surface area contributed by atoms with Gasteiger partial charge in [0.2, 0.25) is 0 Å². The van der Waals surface area contributed by atoms with E-state index in [1.54, 1.807) is 11.9 Å². The molecule has 2 heterocycles. The largest absolute Gasteiger partial charge is 0.480 e. The first-order chi connectivity index (χ1) is 9.40. The highest BCUT2D eigenvalue weighted by Crippen LogP contribution is 2.22. The molecule has 2 aliphatic heterocycles. The Balaban J connectivity index is 2.00. The van der Waals surface area contributed by atoms with Gasteiger partial charge in [-0.15, -0.1) is 0 Å². The number of likely N-dealkylation sites (tertiary alicyclic amines) is 2. The first kappa shape index (κ1) is 15.1. The molecule has 2 fully saturated rings. The Hall–Kier alpha value is -1.34. The zero-order valence-electron chi connectivity index (χ0n) is 12.0. The fourth-order valence-electron chi connectivity index (χ4n) is 3.00. The highest BCUT2D eigenvalue weighted by atomic mass is 16.4. The highest BCUT2D eigenvalue weighted by Gasteiger charge is 2.41. The van der Waals surface area contributed by atoms with E-state index >= 15 is 0 Å². The van der Waals surface area contributed by atoms with Crippen molar-refractivity contribution in [3.63, 3.8) is 0 Å². The van der Waals surface area contributed by atoms with Crippen LogP contribution in [0.5, 0.6) is 0 Å². The predicted molar refractivity (Wildman–Crippen MR) is 72.4 cm³/mol. The van der Waals surface area contributed by atoms with Crippen molar-refractivity contribution < 1.29 is 19.8 Å². The number of urea groups is 1. The smallest absolute Gasteiger partial charge is 0.326 e. The van der Waals surface area contributed by atoms with E-state index in [0.29, 0.717) is 0 Å². The molecule has 114 valence electrons. The Labute approximate surface area is 118 Å². The van der Waals surface area contributed by atoms with Crippen LogP contribution >= 0.6 is 0 Å². The van der Waals surface area contributed by atoms with E-state index in [2.05, 4.69) is 11.9 Å². The Morgan fingerprint density at radius 2 is 1.85 bits per heavy atom. The molecule has 2 atom stereocenters. The van der Waals surface area contributed by atoms with E-state index in [0.717, 1.165) is 25.9 Å². The summed E-state index contributed by atoms with van der Waals surface area (Å²) in [5.74, 6) is -1.05. The van der Waals surface area contributed by atoms with E-state index in [4.69, 9.17) is 5.11 Å². The van der Waals surface area contributed by atoms with Crippen LogP contribution in [0.15, 0.2) is 0 Å². The van der Waals surface area contributed by atoms with Gasteiger partial charge >= 0.3 is 12.0 Å². The maximum Gasteiger partial charge on any atom is 0.326 e. The standard InChI is InChI=1S/C13H23N3O4/c1-14-5-3-9(4-6-14)15(2)13(20)16-8-10(17)7-11(16)12(18)19/h9-11,17H,3-8H2,1-2H3,(H,18,19)/t10-,11+/m1/s1. The van der Waals surface area contributed by atoms with Crippen LogP contribution in [0.2, 0.25) is 0 Å². The fraction of sp³-hybridized carbons (Fsp3) is 0.846. The van der Waals surface area contributed by atoms with Crippen LogP contribution in [0.25, 0.3) is 0 Å². The van der Waals surface area contributed by atoms with Gasteiger partial charge < -0.3 is 24.9 Å². The molecule has 0 unspecified atom stereocenters. The summed E-state index contributed by atoms with van der Waals surface area (Å²) < 4.78 is 0. The van der Waals surface area contributed by atoms with Crippen LogP contribution in [-0.2, 0) is 4.79 Å². The zero-order valence-corrected chi connectivity index (χ0v) is 12.0. The molecule has 0 bridgehead atoms. The number of piperidine rings is 1. The van der Waals surface area contributed by atoms with E-state index in [-0.39, 0.29) is 25.0 Å². The molecule has 2 N–H and O–H groups in total. The number of aliphatic hydroxyl groups excluding tert-OH is 1. The molecule has 7 heteroatoms. The molecule has 7 nitrogen and oxygen atoms in total. The van der Waals surface area contributed by atoms with E-state index < -0.39 is 18.1 Å². The average molecular weight is 285 g/mol. The summed E-state index contributed by atoms with van der Waals surface area (Å²) in [6.07, 6.45) is 1.16. The maximum absolute atomic E-state index is 12.5. The monoisotopic (exact) mass is 285 g/mol. The molecule has 2 rings (SSSR count). The lowest BCUT2D eigenvalue weighted by Gasteiger charge is -2.37. The number of aliphatic carboxylic acids is 1. The van der Waals surface area contributed by atoms with Crippen molar-refractivity contribution in [1.29, 1.82) is 0 Å². The minimum Gasteiger partial charge on any atom is -0.480 e. The molecular formula is C13H23N3O4. The lowest BCUT2D eigenvalue weighted by atomic mass is 10.0. The summed E-state index contributed by atoms with van der Waals surface area (Å²) in [7, 11) is 3.78. The summed E-state index contributed by atoms with van der Waals surface area (Å²) in [5, 5.41) is 18.8. The SMILES string of the molecule is CN1CCC(N(C)C(=O)N2C[C@H](O)C[C@H]2C(=O)O)CC1. The van der Waals surface area contributed by atoms with Crippen LogP contribution in [0.4, 0.5) is 4.79 Å². The molecule has 0 spiro atoms. The summed E-state index contributed by atoms with van der Waals surface area (Å²) >= 11 is 0. The normalized spacial score (nSPS) is 28.6. The Kier molecular flexibility index (Phi) is 4.49. The Morgan fingerprint density at radius 1 is 1.25 bits per heavy atom. The van der Waals surface area contributed by atoms with Crippen LogP contribution in [0, 0.1) is 0 Å². The third-order valence-electron chi connectivity index (χ3n) is 4.35. The number of carbonyl (C=O) groups excluding carboxylic acids is 1. The molecular weight excluding hydrogens is 262 g/mol. The average Bonchev–Trinajstić information content (AvgIpc) is 2.80. The second-order valence-electron chi connectivity index (χ2n) is 5.82. The minimum absolute atomic E-state index is 0.104. The minimum atomic E-state index is -1.05. The molecule has 2 amide bonds. The summed E-state index contributed by atoms with van der Waals surface area (Å²) in [6, 6.07) is -1.05. The third kappa shape index (κ3) is 3.04. The third-order valence-corrected chi connectivity index (χ3v) is 4.35. The van der Waals surface area contributed by atoms with Gasteiger partial charge in [-0.05, 0) is 33.0 Å². The molecule has 2 aliphatic rings. The predicted octanol–water partition coefficient (Wildman–Crippen LogP) is -0.348. The first-order valence-electron chi connectivity index (χ1n) is 7.03. The second kappa shape index (κ2) is 5.97.